The van der Waals surface area contributed by atoms with Gasteiger partial charge >= 0.3 is 0 Å². The van der Waals surface area contributed by atoms with Crippen LogP contribution in [0.15, 0.2) is 0 Å². The van der Waals surface area contributed by atoms with Crippen LogP contribution < -0.4 is 0 Å². The van der Waals surface area contributed by atoms with Gasteiger partial charge in [0.2, 0.25) is 6.54 Å². The summed E-state index contributed by atoms with van der Waals surface area (Å²) < 4.78 is 0. The predicted octanol–water partition coefficient (Wildman–Crippen LogP) is 4.33. The van der Waals surface area contributed by atoms with Crippen molar-refractivity contribution in [3.63, 3.8) is 0 Å². The molecule has 0 aromatic carbocycles. The van der Waals surface area contributed by atoms with Gasteiger partial charge in [-0.3, -0.25) is 10.1 Å². The van der Waals surface area contributed by atoms with Crippen molar-refractivity contribution in [3.05, 3.63) is 10.1 Å². The molecule has 0 bridgehead atoms. The molecule has 0 rings (SSSR count). The molecular formula is C15H31NO3. The number of nitro groups is 1. The van der Waals surface area contributed by atoms with E-state index in [2.05, 4.69) is 6.92 Å². The molecule has 0 saturated carbocycles. The Balaban J connectivity index is 3.08. The Morgan fingerprint density at radius 1 is 0.895 bits per heavy atom. The molecule has 4 nitrogen and oxygen atoms in total. The zero-order valence-corrected chi connectivity index (χ0v) is 12.5. The lowest BCUT2D eigenvalue weighted by atomic mass is 10.0. The van der Waals surface area contributed by atoms with Gasteiger partial charge in [0.05, 0.1) is 0 Å². The first-order valence-electron chi connectivity index (χ1n) is 7.96. The molecular weight excluding hydrogens is 242 g/mol. The van der Waals surface area contributed by atoms with Gasteiger partial charge in [-0.1, -0.05) is 77.6 Å². The summed E-state index contributed by atoms with van der Waals surface area (Å²) in [6.45, 7) is 1.93. The maximum atomic E-state index is 10.2. The molecule has 0 aliphatic carbocycles. The van der Waals surface area contributed by atoms with Gasteiger partial charge in [0.1, 0.15) is 6.10 Å². The minimum atomic E-state index is -0.756. The predicted molar refractivity (Wildman–Crippen MR) is 78.9 cm³/mol. The Hall–Kier alpha value is -0.640. The van der Waals surface area contributed by atoms with Gasteiger partial charge < -0.3 is 5.11 Å². The van der Waals surface area contributed by atoms with Crippen LogP contribution in [-0.4, -0.2) is 22.7 Å². The van der Waals surface area contributed by atoms with Crippen LogP contribution in [0.4, 0.5) is 0 Å². The zero-order valence-electron chi connectivity index (χ0n) is 12.5. The fourth-order valence-corrected chi connectivity index (χ4v) is 2.31. The zero-order chi connectivity index (χ0) is 14.3. The number of hydrogen-bond acceptors (Lipinski definition) is 3. The second-order valence-electron chi connectivity index (χ2n) is 5.49. The minimum Gasteiger partial charge on any atom is -0.386 e. The van der Waals surface area contributed by atoms with Crippen LogP contribution in [0.2, 0.25) is 0 Å². The first kappa shape index (κ1) is 18.4. The highest BCUT2D eigenvalue weighted by atomic mass is 16.6. The first-order valence-corrected chi connectivity index (χ1v) is 7.96. The Bertz CT molecular complexity index is 210. The van der Waals surface area contributed by atoms with E-state index in [-0.39, 0.29) is 6.54 Å². The average molecular weight is 273 g/mol. The SMILES string of the molecule is CCCCCCCCCCCCCC(O)C[N+](=O)[O-]. The van der Waals surface area contributed by atoms with Crippen molar-refractivity contribution in [1.29, 1.82) is 0 Å². The minimum absolute atomic E-state index is 0.308. The van der Waals surface area contributed by atoms with Crippen molar-refractivity contribution in [2.45, 2.75) is 90.1 Å². The molecule has 0 heterocycles. The third-order valence-electron chi connectivity index (χ3n) is 3.50. The van der Waals surface area contributed by atoms with E-state index < -0.39 is 11.0 Å². The van der Waals surface area contributed by atoms with E-state index in [9.17, 15) is 15.2 Å². The number of aliphatic hydroxyl groups is 1. The number of hydrogen-bond donors (Lipinski definition) is 1. The summed E-state index contributed by atoms with van der Waals surface area (Å²) in [6, 6.07) is 0. The molecule has 19 heavy (non-hydrogen) atoms. The number of aliphatic hydroxyl groups excluding tert-OH is 1. The molecule has 0 fully saturated rings. The van der Waals surface area contributed by atoms with E-state index >= 15 is 0 Å². The molecule has 0 spiro atoms. The Morgan fingerprint density at radius 3 is 1.74 bits per heavy atom. The maximum absolute atomic E-state index is 10.2. The molecule has 0 aliphatic heterocycles. The average Bonchev–Trinajstić information content (AvgIpc) is 2.35. The number of rotatable bonds is 14. The fourth-order valence-electron chi connectivity index (χ4n) is 2.31. The van der Waals surface area contributed by atoms with Crippen LogP contribution in [-0.2, 0) is 0 Å². The molecule has 0 amide bonds. The van der Waals surface area contributed by atoms with Crippen molar-refractivity contribution in [2.24, 2.45) is 0 Å². The summed E-state index contributed by atoms with van der Waals surface area (Å²) in [5.41, 5.74) is 0. The van der Waals surface area contributed by atoms with Gasteiger partial charge in [0, 0.05) is 4.92 Å². The summed E-state index contributed by atoms with van der Waals surface area (Å²) in [6.07, 6.45) is 13.7. The van der Waals surface area contributed by atoms with Gasteiger partial charge in [-0.25, -0.2) is 0 Å². The highest BCUT2D eigenvalue weighted by Gasteiger charge is 2.10. The van der Waals surface area contributed by atoms with Crippen molar-refractivity contribution in [2.75, 3.05) is 6.54 Å². The quantitative estimate of drug-likeness (QED) is 0.291. The first-order chi connectivity index (χ1) is 9.16. The highest BCUT2D eigenvalue weighted by molar-refractivity contribution is 4.54. The molecule has 0 aromatic heterocycles. The number of nitrogens with zero attached hydrogens (tertiary/aromatic N) is 1. The Kier molecular flexibility index (Phi) is 13.3. The van der Waals surface area contributed by atoms with E-state index in [1.165, 1.54) is 57.8 Å². The van der Waals surface area contributed by atoms with Crippen molar-refractivity contribution in [1.82, 2.24) is 0 Å². The van der Waals surface area contributed by atoms with Crippen LogP contribution >= 0.6 is 0 Å². The van der Waals surface area contributed by atoms with Crippen molar-refractivity contribution in [3.8, 4) is 0 Å². The maximum Gasteiger partial charge on any atom is 0.229 e. The van der Waals surface area contributed by atoms with Gasteiger partial charge in [-0.05, 0) is 6.42 Å². The van der Waals surface area contributed by atoms with Gasteiger partial charge in [0.25, 0.3) is 0 Å². The van der Waals surface area contributed by atoms with E-state index in [1.54, 1.807) is 0 Å². The van der Waals surface area contributed by atoms with Crippen molar-refractivity contribution >= 4 is 0 Å². The summed E-state index contributed by atoms with van der Waals surface area (Å²) >= 11 is 0. The van der Waals surface area contributed by atoms with E-state index in [4.69, 9.17) is 0 Å². The van der Waals surface area contributed by atoms with Crippen LogP contribution in [0, 0.1) is 10.1 Å². The fraction of sp³-hybridized carbons (Fsp3) is 1.00. The van der Waals surface area contributed by atoms with E-state index in [0.717, 1.165) is 12.8 Å². The molecule has 114 valence electrons. The van der Waals surface area contributed by atoms with Gasteiger partial charge in [-0.2, -0.15) is 0 Å². The summed E-state index contributed by atoms with van der Waals surface area (Å²) in [4.78, 5) is 9.72. The third-order valence-corrected chi connectivity index (χ3v) is 3.50. The molecule has 0 saturated heterocycles. The third kappa shape index (κ3) is 15.3. The standard InChI is InChI=1S/C15H31NO3/c1-2-3-4-5-6-7-8-9-10-11-12-13-15(17)14-16(18)19/h15,17H,2-14H2,1H3. The van der Waals surface area contributed by atoms with Crippen LogP contribution in [0.1, 0.15) is 84.0 Å². The largest absolute Gasteiger partial charge is 0.386 e. The molecule has 1 N–H and O–H groups in total. The Labute approximate surface area is 117 Å². The summed E-state index contributed by atoms with van der Waals surface area (Å²) in [5, 5.41) is 19.5. The second kappa shape index (κ2) is 13.8. The highest BCUT2D eigenvalue weighted by Crippen LogP contribution is 2.12. The molecule has 0 aliphatic rings. The molecule has 0 aromatic rings. The van der Waals surface area contributed by atoms with Crippen molar-refractivity contribution < 1.29 is 10.0 Å². The topological polar surface area (TPSA) is 63.4 Å². The molecule has 4 heteroatoms. The van der Waals surface area contributed by atoms with Gasteiger partial charge in [0.15, 0.2) is 0 Å². The Morgan fingerprint density at radius 2 is 1.32 bits per heavy atom. The lowest BCUT2D eigenvalue weighted by molar-refractivity contribution is -0.490. The summed E-state index contributed by atoms with van der Waals surface area (Å²) in [5.74, 6) is 0. The smallest absolute Gasteiger partial charge is 0.229 e. The van der Waals surface area contributed by atoms with Crippen LogP contribution in [0.5, 0.6) is 0 Å². The molecule has 0 radical (unpaired) electrons. The normalized spacial score (nSPS) is 12.5. The summed E-state index contributed by atoms with van der Waals surface area (Å²) in [7, 11) is 0. The molecule has 1 unspecified atom stereocenters. The lowest BCUT2D eigenvalue weighted by Crippen LogP contribution is -2.18. The van der Waals surface area contributed by atoms with Gasteiger partial charge in [-0.15, -0.1) is 0 Å². The monoisotopic (exact) mass is 273 g/mol. The van der Waals surface area contributed by atoms with Crippen LogP contribution in [0.3, 0.4) is 0 Å². The number of unbranched alkanes of at least 4 members (excludes halogenated alkanes) is 10. The molecule has 1 atom stereocenters. The van der Waals surface area contributed by atoms with Crippen LogP contribution in [0.25, 0.3) is 0 Å². The lowest BCUT2D eigenvalue weighted by Gasteiger charge is -2.05. The van der Waals surface area contributed by atoms with E-state index in [0.29, 0.717) is 6.42 Å². The second-order valence-corrected chi connectivity index (χ2v) is 5.49. The van der Waals surface area contributed by atoms with E-state index in [1.807, 2.05) is 0 Å².